The van der Waals surface area contributed by atoms with Crippen molar-refractivity contribution in [1.82, 2.24) is 0 Å². The Kier molecular flexibility index (Phi) is 4.07. The number of benzene rings is 2. The average molecular weight is 290 g/mol. The SMILES string of the molecule is CC(C)(Cc1cc(F)c(F)c(-c2ccccc2)c1)C(=O)O. The summed E-state index contributed by atoms with van der Waals surface area (Å²) in [5, 5.41) is 9.14. The Balaban J connectivity index is 2.47. The van der Waals surface area contributed by atoms with Gasteiger partial charge in [-0.15, -0.1) is 0 Å². The highest BCUT2D eigenvalue weighted by molar-refractivity contribution is 5.74. The van der Waals surface area contributed by atoms with Gasteiger partial charge in [-0.25, -0.2) is 8.78 Å². The Morgan fingerprint density at radius 3 is 2.33 bits per heavy atom. The number of carboxylic acids is 1. The zero-order valence-corrected chi connectivity index (χ0v) is 11.9. The first-order chi connectivity index (χ1) is 9.81. The third-order valence-corrected chi connectivity index (χ3v) is 3.40. The highest BCUT2D eigenvalue weighted by Gasteiger charge is 2.28. The second-order valence-electron chi connectivity index (χ2n) is 5.67. The maximum atomic E-state index is 14.0. The van der Waals surface area contributed by atoms with Crippen LogP contribution in [0.3, 0.4) is 0 Å². The predicted octanol–water partition coefficient (Wildman–Crippen LogP) is 4.29. The van der Waals surface area contributed by atoms with Gasteiger partial charge in [0.1, 0.15) is 0 Å². The second kappa shape index (κ2) is 5.64. The molecule has 0 radical (unpaired) electrons. The molecule has 0 saturated carbocycles. The molecule has 0 aromatic heterocycles. The van der Waals surface area contributed by atoms with Crippen LogP contribution in [0.5, 0.6) is 0 Å². The highest BCUT2D eigenvalue weighted by atomic mass is 19.2. The fraction of sp³-hybridized carbons (Fsp3) is 0.235. The van der Waals surface area contributed by atoms with Crippen LogP contribution in [0.1, 0.15) is 19.4 Å². The monoisotopic (exact) mass is 290 g/mol. The third-order valence-electron chi connectivity index (χ3n) is 3.40. The van der Waals surface area contributed by atoms with E-state index in [-0.39, 0.29) is 12.0 Å². The molecule has 1 N–H and O–H groups in total. The van der Waals surface area contributed by atoms with Gasteiger partial charge in [0.2, 0.25) is 0 Å². The lowest BCUT2D eigenvalue weighted by Gasteiger charge is -2.19. The molecule has 0 aliphatic heterocycles. The van der Waals surface area contributed by atoms with Crippen LogP contribution in [-0.2, 0) is 11.2 Å². The quantitative estimate of drug-likeness (QED) is 0.912. The van der Waals surface area contributed by atoms with Crippen LogP contribution in [0.25, 0.3) is 11.1 Å². The summed E-state index contributed by atoms with van der Waals surface area (Å²) in [6.07, 6.45) is 0.124. The smallest absolute Gasteiger partial charge is 0.309 e. The topological polar surface area (TPSA) is 37.3 Å². The molecule has 21 heavy (non-hydrogen) atoms. The molecule has 2 rings (SSSR count). The van der Waals surface area contributed by atoms with Crippen molar-refractivity contribution in [3.05, 3.63) is 59.7 Å². The Morgan fingerprint density at radius 1 is 1.14 bits per heavy atom. The van der Waals surface area contributed by atoms with Gasteiger partial charge in [-0.05, 0) is 43.5 Å². The molecule has 0 unspecified atom stereocenters. The van der Waals surface area contributed by atoms with Crippen LogP contribution in [0, 0.1) is 17.0 Å². The van der Waals surface area contributed by atoms with Crippen molar-refractivity contribution in [3.8, 4) is 11.1 Å². The van der Waals surface area contributed by atoms with Gasteiger partial charge in [-0.1, -0.05) is 30.3 Å². The van der Waals surface area contributed by atoms with E-state index >= 15 is 0 Å². The van der Waals surface area contributed by atoms with Crippen molar-refractivity contribution in [2.75, 3.05) is 0 Å². The summed E-state index contributed by atoms with van der Waals surface area (Å²) in [6, 6.07) is 11.2. The summed E-state index contributed by atoms with van der Waals surface area (Å²) in [5.74, 6) is -2.86. The van der Waals surface area contributed by atoms with Crippen LogP contribution in [0.15, 0.2) is 42.5 Å². The molecule has 0 saturated heterocycles. The lowest BCUT2D eigenvalue weighted by atomic mass is 9.85. The van der Waals surface area contributed by atoms with E-state index in [0.29, 0.717) is 11.1 Å². The van der Waals surface area contributed by atoms with Gasteiger partial charge in [-0.3, -0.25) is 4.79 Å². The Hall–Kier alpha value is -2.23. The molecule has 110 valence electrons. The lowest BCUT2D eigenvalue weighted by molar-refractivity contribution is -0.146. The normalized spacial score (nSPS) is 11.4. The largest absolute Gasteiger partial charge is 0.481 e. The van der Waals surface area contributed by atoms with E-state index in [4.69, 9.17) is 5.11 Å². The first-order valence-corrected chi connectivity index (χ1v) is 6.58. The molecule has 2 aromatic carbocycles. The highest BCUT2D eigenvalue weighted by Crippen LogP contribution is 2.29. The van der Waals surface area contributed by atoms with Gasteiger partial charge >= 0.3 is 5.97 Å². The Bertz CT molecular complexity index is 664. The molecular formula is C17H16F2O2. The summed E-state index contributed by atoms with van der Waals surface area (Å²) in [4.78, 5) is 11.2. The molecule has 0 atom stereocenters. The van der Waals surface area contributed by atoms with Crippen molar-refractivity contribution in [2.45, 2.75) is 20.3 Å². The molecule has 4 heteroatoms. The number of halogens is 2. The number of rotatable bonds is 4. The van der Waals surface area contributed by atoms with Crippen LogP contribution < -0.4 is 0 Å². The first kappa shape index (κ1) is 15.2. The maximum absolute atomic E-state index is 14.0. The maximum Gasteiger partial charge on any atom is 0.309 e. The summed E-state index contributed by atoms with van der Waals surface area (Å²) in [5.41, 5.74) is 0.119. The number of carbonyl (C=O) groups is 1. The minimum Gasteiger partial charge on any atom is -0.481 e. The van der Waals surface area contributed by atoms with Crippen LogP contribution >= 0.6 is 0 Å². The fourth-order valence-corrected chi connectivity index (χ4v) is 2.16. The van der Waals surface area contributed by atoms with E-state index in [0.717, 1.165) is 6.07 Å². The molecule has 0 amide bonds. The number of hydrogen-bond donors (Lipinski definition) is 1. The van der Waals surface area contributed by atoms with Gasteiger partial charge in [-0.2, -0.15) is 0 Å². The van der Waals surface area contributed by atoms with Crippen molar-refractivity contribution in [2.24, 2.45) is 5.41 Å². The molecule has 0 aliphatic carbocycles. The van der Waals surface area contributed by atoms with Gasteiger partial charge in [0.15, 0.2) is 11.6 Å². The number of hydrogen-bond acceptors (Lipinski definition) is 1. The molecule has 0 aliphatic rings. The van der Waals surface area contributed by atoms with Gasteiger partial charge < -0.3 is 5.11 Å². The van der Waals surface area contributed by atoms with E-state index in [1.165, 1.54) is 6.07 Å². The van der Waals surface area contributed by atoms with Crippen molar-refractivity contribution in [1.29, 1.82) is 0 Å². The van der Waals surface area contributed by atoms with E-state index in [1.54, 1.807) is 44.2 Å². The average Bonchev–Trinajstić information content (AvgIpc) is 2.43. The second-order valence-corrected chi connectivity index (χ2v) is 5.67. The summed E-state index contributed by atoms with van der Waals surface area (Å²) >= 11 is 0. The zero-order chi connectivity index (χ0) is 15.6. The van der Waals surface area contributed by atoms with Crippen molar-refractivity contribution < 1.29 is 18.7 Å². The third kappa shape index (κ3) is 3.27. The van der Waals surface area contributed by atoms with Crippen molar-refractivity contribution >= 4 is 5.97 Å². The minimum atomic E-state index is -1.04. The van der Waals surface area contributed by atoms with Crippen molar-refractivity contribution in [3.63, 3.8) is 0 Å². The summed E-state index contributed by atoms with van der Waals surface area (Å²) < 4.78 is 27.7. The number of aliphatic carboxylic acids is 1. The molecule has 2 aromatic rings. The van der Waals surface area contributed by atoms with Gasteiger partial charge in [0.25, 0.3) is 0 Å². The first-order valence-electron chi connectivity index (χ1n) is 6.58. The van der Waals surface area contributed by atoms with E-state index < -0.39 is 23.0 Å². The van der Waals surface area contributed by atoms with Crippen LogP contribution in [-0.4, -0.2) is 11.1 Å². The van der Waals surface area contributed by atoms with Crippen LogP contribution in [0.2, 0.25) is 0 Å². The summed E-state index contributed by atoms with van der Waals surface area (Å²) in [6.45, 7) is 3.11. The Labute approximate surface area is 122 Å². The molecule has 0 fully saturated rings. The molecule has 2 nitrogen and oxygen atoms in total. The van der Waals surface area contributed by atoms with Gasteiger partial charge in [0, 0.05) is 5.56 Å². The van der Waals surface area contributed by atoms with E-state index in [2.05, 4.69) is 0 Å². The minimum absolute atomic E-state index is 0.124. The lowest BCUT2D eigenvalue weighted by Crippen LogP contribution is -2.26. The Morgan fingerprint density at radius 2 is 1.76 bits per heavy atom. The molecule has 0 bridgehead atoms. The van der Waals surface area contributed by atoms with Crippen LogP contribution in [0.4, 0.5) is 8.78 Å². The summed E-state index contributed by atoms with van der Waals surface area (Å²) in [7, 11) is 0. The molecule has 0 heterocycles. The number of carboxylic acid groups (broad SMARTS) is 1. The zero-order valence-electron chi connectivity index (χ0n) is 11.9. The molecule has 0 spiro atoms. The van der Waals surface area contributed by atoms with E-state index in [9.17, 15) is 13.6 Å². The van der Waals surface area contributed by atoms with E-state index in [1.807, 2.05) is 0 Å². The fourth-order valence-electron chi connectivity index (χ4n) is 2.16. The van der Waals surface area contributed by atoms with Gasteiger partial charge in [0.05, 0.1) is 5.41 Å². The predicted molar refractivity (Wildman–Crippen MR) is 76.9 cm³/mol. The molecular weight excluding hydrogens is 274 g/mol. The standard InChI is InChI=1S/C17H16F2O2/c1-17(2,16(20)21)10-11-8-13(15(19)14(18)9-11)12-6-4-3-5-7-12/h3-9H,10H2,1-2H3,(H,20,21).